The van der Waals surface area contributed by atoms with Gasteiger partial charge in [-0.2, -0.15) is 0 Å². The number of benzene rings is 2. The summed E-state index contributed by atoms with van der Waals surface area (Å²) in [5.74, 6) is 0.640. The molecular formula is C13H14BrN3O3S. The largest absolute Gasteiger partial charge is 0.495 e. The van der Waals surface area contributed by atoms with Crippen molar-refractivity contribution in [1.82, 2.24) is 0 Å². The topological polar surface area (TPSA) is 107 Å². The number of ether oxygens (including phenoxy) is 1. The van der Waals surface area contributed by atoms with Crippen LogP contribution in [-0.4, -0.2) is 15.5 Å². The molecule has 0 fully saturated rings. The van der Waals surface area contributed by atoms with Crippen LogP contribution in [0.2, 0.25) is 0 Å². The fourth-order valence-corrected chi connectivity index (χ4v) is 2.66. The average molecular weight is 372 g/mol. The van der Waals surface area contributed by atoms with Gasteiger partial charge in [0.25, 0.3) is 0 Å². The van der Waals surface area contributed by atoms with Crippen molar-refractivity contribution in [2.45, 2.75) is 4.90 Å². The zero-order valence-electron chi connectivity index (χ0n) is 11.1. The maximum atomic E-state index is 11.4. The zero-order valence-corrected chi connectivity index (χ0v) is 13.5. The normalized spacial score (nSPS) is 11.2. The lowest BCUT2D eigenvalue weighted by Crippen LogP contribution is -2.12. The SMILES string of the molecule is COc1cc(Nc2cc(S(N)(=O)=O)ccc2N)ccc1Br. The Morgan fingerprint density at radius 3 is 2.52 bits per heavy atom. The highest BCUT2D eigenvalue weighted by Gasteiger charge is 2.11. The second kappa shape index (κ2) is 5.92. The monoisotopic (exact) mass is 371 g/mol. The first-order valence-corrected chi connectivity index (χ1v) is 8.18. The minimum absolute atomic E-state index is 0.0109. The van der Waals surface area contributed by atoms with Crippen LogP contribution in [0, 0.1) is 0 Å². The first-order valence-electron chi connectivity index (χ1n) is 5.84. The Hall–Kier alpha value is -1.77. The Kier molecular flexibility index (Phi) is 4.40. The molecule has 2 aromatic rings. The molecule has 0 aliphatic heterocycles. The van der Waals surface area contributed by atoms with Gasteiger partial charge in [0.2, 0.25) is 10.0 Å². The van der Waals surface area contributed by atoms with Gasteiger partial charge in [0.05, 0.1) is 27.9 Å². The van der Waals surface area contributed by atoms with Crippen molar-refractivity contribution in [2.24, 2.45) is 5.14 Å². The fraction of sp³-hybridized carbons (Fsp3) is 0.0769. The van der Waals surface area contributed by atoms with Crippen LogP contribution in [0.3, 0.4) is 0 Å². The molecule has 8 heteroatoms. The molecule has 0 saturated carbocycles. The maximum Gasteiger partial charge on any atom is 0.238 e. The van der Waals surface area contributed by atoms with Gasteiger partial charge >= 0.3 is 0 Å². The highest BCUT2D eigenvalue weighted by atomic mass is 79.9. The number of hydrogen-bond acceptors (Lipinski definition) is 5. The van der Waals surface area contributed by atoms with Crippen LogP contribution < -0.4 is 20.9 Å². The molecule has 112 valence electrons. The number of nitrogens with one attached hydrogen (secondary N) is 1. The van der Waals surface area contributed by atoms with Gasteiger partial charge in [-0.25, -0.2) is 13.6 Å². The molecule has 0 heterocycles. The third-order valence-corrected chi connectivity index (χ3v) is 4.35. The third-order valence-electron chi connectivity index (χ3n) is 2.78. The van der Waals surface area contributed by atoms with E-state index < -0.39 is 10.0 Å². The number of halogens is 1. The van der Waals surface area contributed by atoms with Crippen LogP contribution in [0.25, 0.3) is 0 Å². The second-order valence-corrected chi connectivity index (χ2v) is 6.68. The lowest BCUT2D eigenvalue weighted by Gasteiger charge is -2.12. The third kappa shape index (κ3) is 3.66. The van der Waals surface area contributed by atoms with Crippen molar-refractivity contribution < 1.29 is 13.2 Å². The van der Waals surface area contributed by atoms with E-state index in [0.29, 0.717) is 22.8 Å². The molecule has 2 rings (SSSR count). The van der Waals surface area contributed by atoms with Gasteiger partial charge in [-0.3, -0.25) is 0 Å². The number of nitrogen functional groups attached to an aromatic ring is 1. The van der Waals surface area contributed by atoms with E-state index in [-0.39, 0.29) is 4.90 Å². The van der Waals surface area contributed by atoms with Gasteiger partial charge in [-0.1, -0.05) is 0 Å². The van der Waals surface area contributed by atoms with Gasteiger partial charge in [0.1, 0.15) is 5.75 Å². The van der Waals surface area contributed by atoms with Crippen LogP contribution in [0.1, 0.15) is 0 Å². The Bertz CT molecular complexity index is 778. The molecular weight excluding hydrogens is 358 g/mol. The summed E-state index contributed by atoms with van der Waals surface area (Å²) >= 11 is 3.35. The van der Waals surface area contributed by atoms with Crippen LogP contribution in [0.5, 0.6) is 5.75 Å². The molecule has 0 radical (unpaired) electrons. The Morgan fingerprint density at radius 2 is 1.90 bits per heavy atom. The average Bonchev–Trinajstić information content (AvgIpc) is 2.42. The van der Waals surface area contributed by atoms with E-state index in [2.05, 4.69) is 21.2 Å². The van der Waals surface area contributed by atoms with Gasteiger partial charge in [-0.15, -0.1) is 0 Å². The predicted molar refractivity (Wildman–Crippen MR) is 86.2 cm³/mol. The molecule has 0 unspecified atom stereocenters. The highest BCUT2D eigenvalue weighted by Crippen LogP contribution is 2.31. The summed E-state index contributed by atoms with van der Waals surface area (Å²) in [6.45, 7) is 0. The Balaban J connectivity index is 2.39. The number of anilines is 3. The summed E-state index contributed by atoms with van der Waals surface area (Å²) in [4.78, 5) is -0.0109. The van der Waals surface area contributed by atoms with E-state index in [4.69, 9.17) is 15.6 Å². The number of sulfonamides is 1. The molecule has 0 amide bonds. The number of hydrogen-bond donors (Lipinski definition) is 3. The van der Waals surface area contributed by atoms with E-state index >= 15 is 0 Å². The lowest BCUT2D eigenvalue weighted by atomic mass is 10.2. The summed E-state index contributed by atoms with van der Waals surface area (Å²) < 4.78 is 28.8. The van der Waals surface area contributed by atoms with Gasteiger partial charge in [0.15, 0.2) is 0 Å². The minimum Gasteiger partial charge on any atom is -0.495 e. The van der Waals surface area contributed by atoms with Crippen molar-refractivity contribution in [1.29, 1.82) is 0 Å². The van der Waals surface area contributed by atoms with E-state index in [1.54, 1.807) is 25.3 Å². The van der Waals surface area contributed by atoms with E-state index in [9.17, 15) is 8.42 Å². The highest BCUT2D eigenvalue weighted by molar-refractivity contribution is 9.10. The number of methoxy groups -OCH3 is 1. The summed E-state index contributed by atoms with van der Waals surface area (Å²) in [5, 5.41) is 8.15. The summed E-state index contributed by atoms with van der Waals surface area (Å²) in [7, 11) is -2.23. The van der Waals surface area contributed by atoms with Crippen LogP contribution in [0.15, 0.2) is 45.8 Å². The summed E-state index contributed by atoms with van der Waals surface area (Å²) in [6.07, 6.45) is 0. The molecule has 0 aliphatic rings. The zero-order chi connectivity index (χ0) is 15.6. The van der Waals surface area contributed by atoms with E-state index in [1.165, 1.54) is 18.2 Å². The first-order chi connectivity index (χ1) is 9.81. The standard InChI is InChI=1S/C13H14BrN3O3S/c1-20-13-6-8(2-4-10(13)14)17-12-7-9(21(16,18)19)3-5-11(12)15/h2-7,17H,15H2,1H3,(H2,16,18,19). The summed E-state index contributed by atoms with van der Waals surface area (Å²) in [6, 6.07) is 9.60. The smallest absolute Gasteiger partial charge is 0.238 e. The Labute approximate surface area is 131 Å². The lowest BCUT2D eigenvalue weighted by molar-refractivity contribution is 0.412. The molecule has 21 heavy (non-hydrogen) atoms. The van der Waals surface area contributed by atoms with Gasteiger partial charge in [0, 0.05) is 11.8 Å². The Morgan fingerprint density at radius 1 is 1.19 bits per heavy atom. The van der Waals surface area contributed by atoms with E-state index in [0.717, 1.165) is 4.47 Å². The van der Waals surface area contributed by atoms with Crippen LogP contribution in [-0.2, 0) is 10.0 Å². The number of rotatable bonds is 4. The minimum atomic E-state index is -3.78. The quantitative estimate of drug-likeness (QED) is 0.715. The molecule has 0 aliphatic carbocycles. The molecule has 0 bridgehead atoms. The summed E-state index contributed by atoms with van der Waals surface area (Å²) in [5.41, 5.74) is 7.40. The van der Waals surface area contributed by atoms with Gasteiger partial charge in [-0.05, 0) is 46.3 Å². The van der Waals surface area contributed by atoms with Crippen molar-refractivity contribution >= 4 is 43.0 Å². The van der Waals surface area contributed by atoms with Crippen LogP contribution in [0.4, 0.5) is 17.1 Å². The van der Waals surface area contributed by atoms with Crippen LogP contribution >= 0.6 is 15.9 Å². The van der Waals surface area contributed by atoms with Gasteiger partial charge < -0.3 is 15.8 Å². The molecule has 0 aromatic heterocycles. The number of nitrogens with two attached hydrogens (primary N) is 2. The number of primary sulfonamides is 1. The molecule has 6 nitrogen and oxygen atoms in total. The molecule has 0 atom stereocenters. The van der Waals surface area contributed by atoms with Crippen molar-refractivity contribution in [3.8, 4) is 5.75 Å². The fourth-order valence-electron chi connectivity index (χ4n) is 1.71. The maximum absolute atomic E-state index is 11.4. The predicted octanol–water partition coefficient (Wildman–Crippen LogP) is 2.43. The molecule has 0 saturated heterocycles. The molecule has 5 N–H and O–H groups in total. The van der Waals surface area contributed by atoms with Crippen molar-refractivity contribution in [3.63, 3.8) is 0 Å². The van der Waals surface area contributed by atoms with E-state index in [1.807, 2.05) is 0 Å². The van der Waals surface area contributed by atoms with Crippen molar-refractivity contribution in [2.75, 3.05) is 18.2 Å². The molecule has 2 aromatic carbocycles. The molecule has 0 spiro atoms. The van der Waals surface area contributed by atoms with Crippen molar-refractivity contribution in [3.05, 3.63) is 40.9 Å². The second-order valence-electron chi connectivity index (χ2n) is 4.27. The first kappa shape index (κ1) is 15.6.